The second-order valence-electron chi connectivity index (χ2n) is 9.04. The fourth-order valence-corrected chi connectivity index (χ4v) is 4.34. The van der Waals surface area contributed by atoms with Crippen molar-refractivity contribution in [2.45, 2.75) is 31.9 Å². The summed E-state index contributed by atoms with van der Waals surface area (Å²) in [5, 5.41) is 24.7. The van der Waals surface area contributed by atoms with E-state index in [1.54, 1.807) is 16.6 Å². The number of aryl methyl sites for hydroxylation is 2. The van der Waals surface area contributed by atoms with Gasteiger partial charge in [-0.25, -0.2) is 19.4 Å². The molecule has 3 heterocycles. The molecule has 1 atom stereocenters. The first-order valence-corrected chi connectivity index (χ1v) is 12.3. The van der Waals surface area contributed by atoms with Gasteiger partial charge in [0, 0.05) is 44.4 Å². The number of ether oxygens (including phenoxy) is 2. The lowest BCUT2D eigenvalue weighted by atomic mass is 10.1. The lowest BCUT2D eigenvalue weighted by molar-refractivity contribution is 0.108. The van der Waals surface area contributed by atoms with Gasteiger partial charge in [0.15, 0.2) is 5.82 Å². The number of likely N-dealkylation sites (N-methyl/N-ethyl adjacent to an activating group) is 1. The van der Waals surface area contributed by atoms with E-state index in [-0.39, 0.29) is 18.7 Å². The van der Waals surface area contributed by atoms with Crippen molar-refractivity contribution in [3.05, 3.63) is 36.0 Å². The maximum atomic E-state index is 11.8. The van der Waals surface area contributed by atoms with Crippen molar-refractivity contribution in [2.24, 2.45) is 7.05 Å². The summed E-state index contributed by atoms with van der Waals surface area (Å²) in [6, 6.07) is 9.53. The fourth-order valence-electron chi connectivity index (χ4n) is 4.34. The van der Waals surface area contributed by atoms with Crippen LogP contribution in [0.4, 0.5) is 10.6 Å². The second-order valence-corrected chi connectivity index (χ2v) is 9.04. The minimum absolute atomic E-state index is 0.144. The number of carbonyl (C=O) groups excluding carboxylic acids is 1. The minimum Gasteiger partial charge on any atom is -0.491 e. The Labute approximate surface area is 216 Å². The molecule has 198 valence electrons. The van der Waals surface area contributed by atoms with Crippen molar-refractivity contribution in [3.63, 3.8) is 0 Å². The Hall–Kier alpha value is -3.77. The van der Waals surface area contributed by atoms with Gasteiger partial charge >= 0.3 is 6.09 Å². The number of methoxy groups -OCH3 is 1. The topological polar surface area (TPSA) is 140 Å². The van der Waals surface area contributed by atoms with Gasteiger partial charge in [-0.1, -0.05) is 17.3 Å². The molecule has 1 saturated heterocycles. The third-order valence-corrected chi connectivity index (χ3v) is 6.22. The van der Waals surface area contributed by atoms with Gasteiger partial charge in [-0.15, -0.1) is 5.10 Å². The highest BCUT2D eigenvalue weighted by atomic mass is 16.5. The van der Waals surface area contributed by atoms with Gasteiger partial charge in [0.1, 0.15) is 30.0 Å². The maximum Gasteiger partial charge on any atom is 0.409 e. The van der Waals surface area contributed by atoms with Gasteiger partial charge < -0.3 is 30.1 Å². The molecule has 0 spiro atoms. The number of aromatic nitrogens is 5. The molecular weight excluding hydrogens is 476 g/mol. The van der Waals surface area contributed by atoms with E-state index >= 15 is 0 Å². The molecular formula is C25H34N8O4. The van der Waals surface area contributed by atoms with Crippen LogP contribution >= 0.6 is 0 Å². The van der Waals surface area contributed by atoms with Gasteiger partial charge in [-0.05, 0) is 38.9 Å². The quantitative estimate of drug-likeness (QED) is 0.391. The molecule has 1 aromatic carbocycles. The van der Waals surface area contributed by atoms with Crippen LogP contribution in [-0.2, 0) is 11.8 Å². The van der Waals surface area contributed by atoms with Crippen LogP contribution in [0, 0.1) is 6.92 Å². The second kappa shape index (κ2) is 12.0. The highest BCUT2D eigenvalue weighted by molar-refractivity contribution is 5.68. The first-order valence-electron chi connectivity index (χ1n) is 12.3. The monoisotopic (exact) mass is 510 g/mol. The summed E-state index contributed by atoms with van der Waals surface area (Å²) in [5.74, 6) is 1.81. The standard InChI is InChI=1S/C25H34N8O4/c1-16-23(32(3)31-30-16)21-13-22(27-18-8-10-33(11-9-18)25(35)36-4)29-24(28-21)17-6-5-7-20(12-17)37-15-19(34)14-26-2/h5-7,12-13,18-19,26,34H,8-11,14-15H2,1-4H3,(H,27,28,29)/t19-/m1/s1. The Morgan fingerprint density at radius 1 is 1.24 bits per heavy atom. The molecule has 37 heavy (non-hydrogen) atoms. The molecule has 0 radical (unpaired) electrons. The molecule has 1 amide bonds. The largest absolute Gasteiger partial charge is 0.491 e. The van der Waals surface area contributed by atoms with E-state index in [0.29, 0.717) is 42.7 Å². The number of aliphatic hydroxyl groups is 1. The summed E-state index contributed by atoms with van der Waals surface area (Å²) in [7, 11) is 5.01. The van der Waals surface area contributed by atoms with Crippen LogP contribution in [0.25, 0.3) is 22.8 Å². The minimum atomic E-state index is -0.616. The number of nitrogens with zero attached hydrogens (tertiary/aromatic N) is 6. The Morgan fingerprint density at radius 3 is 2.70 bits per heavy atom. The smallest absolute Gasteiger partial charge is 0.409 e. The van der Waals surface area contributed by atoms with Crippen LogP contribution in [0.2, 0.25) is 0 Å². The van der Waals surface area contributed by atoms with E-state index in [2.05, 4.69) is 20.9 Å². The Kier molecular flexibility index (Phi) is 8.51. The summed E-state index contributed by atoms with van der Waals surface area (Å²) >= 11 is 0. The van der Waals surface area contributed by atoms with Gasteiger partial charge in [0.2, 0.25) is 0 Å². The predicted molar refractivity (Wildman–Crippen MR) is 138 cm³/mol. The number of carbonyl (C=O) groups is 1. The third kappa shape index (κ3) is 6.52. The third-order valence-electron chi connectivity index (χ3n) is 6.22. The molecule has 3 aromatic rings. The summed E-state index contributed by atoms with van der Waals surface area (Å²) in [6.07, 6.45) is 0.627. The number of hydrogen-bond donors (Lipinski definition) is 3. The molecule has 0 unspecified atom stereocenters. The number of amides is 1. The number of piperidine rings is 1. The van der Waals surface area contributed by atoms with Gasteiger partial charge in [0.25, 0.3) is 0 Å². The summed E-state index contributed by atoms with van der Waals surface area (Å²) in [6.45, 7) is 3.72. The molecule has 3 N–H and O–H groups in total. The lowest BCUT2D eigenvalue weighted by Gasteiger charge is -2.31. The predicted octanol–water partition coefficient (Wildman–Crippen LogP) is 1.85. The van der Waals surface area contributed by atoms with E-state index in [9.17, 15) is 9.90 Å². The molecule has 12 nitrogen and oxygen atoms in total. The van der Waals surface area contributed by atoms with Crippen molar-refractivity contribution in [3.8, 4) is 28.5 Å². The number of rotatable bonds is 9. The Bertz CT molecular complexity index is 1190. The molecule has 0 aliphatic carbocycles. The van der Waals surface area contributed by atoms with Crippen LogP contribution in [0.3, 0.4) is 0 Å². The zero-order valence-corrected chi connectivity index (χ0v) is 21.6. The van der Waals surface area contributed by atoms with Crippen LogP contribution < -0.4 is 15.4 Å². The molecule has 0 saturated carbocycles. The molecule has 0 bridgehead atoms. The fraction of sp³-hybridized carbons (Fsp3) is 0.480. The molecule has 2 aromatic heterocycles. The number of hydrogen-bond acceptors (Lipinski definition) is 10. The van der Waals surface area contributed by atoms with E-state index in [4.69, 9.17) is 19.4 Å². The van der Waals surface area contributed by atoms with E-state index in [1.807, 2.05) is 44.3 Å². The molecule has 4 rings (SSSR count). The van der Waals surface area contributed by atoms with Crippen molar-refractivity contribution < 1.29 is 19.4 Å². The lowest BCUT2D eigenvalue weighted by Crippen LogP contribution is -2.42. The van der Waals surface area contributed by atoms with Crippen molar-refractivity contribution in [1.82, 2.24) is 35.2 Å². The number of anilines is 1. The van der Waals surface area contributed by atoms with Crippen LogP contribution in [0.5, 0.6) is 5.75 Å². The van der Waals surface area contributed by atoms with Crippen LogP contribution in [-0.4, -0.2) is 93.6 Å². The first kappa shape index (κ1) is 26.3. The van der Waals surface area contributed by atoms with Crippen LogP contribution in [0.1, 0.15) is 18.5 Å². The average molecular weight is 511 g/mol. The summed E-state index contributed by atoms with van der Waals surface area (Å²) in [5.41, 5.74) is 3.04. The highest BCUT2D eigenvalue weighted by Gasteiger charge is 2.24. The summed E-state index contributed by atoms with van der Waals surface area (Å²) < 4.78 is 12.3. The van der Waals surface area contributed by atoms with Crippen molar-refractivity contribution in [1.29, 1.82) is 0 Å². The SMILES string of the molecule is CNC[C@@H](O)COc1cccc(-c2nc(NC3CCN(C(=O)OC)CC3)cc(-c3c(C)nnn3C)n2)c1. The number of likely N-dealkylation sites (tertiary alicyclic amines) is 1. The molecule has 1 aliphatic rings. The van der Waals surface area contributed by atoms with Crippen molar-refractivity contribution in [2.75, 3.05) is 45.7 Å². The number of benzene rings is 1. The van der Waals surface area contributed by atoms with Crippen molar-refractivity contribution >= 4 is 11.9 Å². The van der Waals surface area contributed by atoms with Crippen LogP contribution in [0.15, 0.2) is 30.3 Å². The molecule has 12 heteroatoms. The van der Waals surface area contributed by atoms with Gasteiger partial charge in [0.05, 0.1) is 18.5 Å². The van der Waals surface area contributed by atoms with E-state index in [1.165, 1.54) is 7.11 Å². The number of aliphatic hydroxyl groups excluding tert-OH is 1. The number of nitrogens with one attached hydrogen (secondary N) is 2. The van der Waals surface area contributed by atoms with E-state index in [0.717, 1.165) is 29.8 Å². The first-order chi connectivity index (χ1) is 17.9. The zero-order valence-electron chi connectivity index (χ0n) is 21.6. The normalized spacial score (nSPS) is 14.9. The Balaban J connectivity index is 1.60. The highest BCUT2D eigenvalue weighted by Crippen LogP contribution is 2.28. The molecule has 1 aliphatic heterocycles. The summed E-state index contributed by atoms with van der Waals surface area (Å²) in [4.78, 5) is 23.2. The Morgan fingerprint density at radius 2 is 2.03 bits per heavy atom. The maximum absolute atomic E-state index is 11.8. The van der Waals surface area contributed by atoms with Gasteiger partial charge in [-0.2, -0.15) is 0 Å². The van der Waals surface area contributed by atoms with Gasteiger partial charge in [-0.3, -0.25) is 0 Å². The zero-order chi connectivity index (χ0) is 26.4. The van der Waals surface area contributed by atoms with E-state index < -0.39 is 6.10 Å². The average Bonchev–Trinajstić information content (AvgIpc) is 3.25. The molecule has 1 fully saturated rings.